The highest BCUT2D eigenvalue weighted by Gasteiger charge is 2.29. The molecule has 18 heavy (non-hydrogen) atoms. The molecule has 1 heterocycles. The minimum atomic E-state index is -0.465. The number of aliphatic hydroxyl groups excluding tert-OH is 1. The second-order valence-electron chi connectivity index (χ2n) is 4.45. The summed E-state index contributed by atoms with van der Waals surface area (Å²) in [6.45, 7) is 1.31. The first-order valence-electron chi connectivity index (χ1n) is 5.72. The van der Waals surface area contributed by atoms with Crippen LogP contribution in [0.3, 0.4) is 0 Å². The molecule has 0 spiro atoms. The van der Waals surface area contributed by atoms with Crippen LogP contribution in [0.2, 0.25) is 0 Å². The normalized spacial score (nSPS) is 15.3. The summed E-state index contributed by atoms with van der Waals surface area (Å²) in [7, 11) is 0. The van der Waals surface area contributed by atoms with E-state index in [-0.39, 0.29) is 30.5 Å². The van der Waals surface area contributed by atoms with E-state index in [0.29, 0.717) is 13.1 Å². The van der Waals surface area contributed by atoms with Gasteiger partial charge in [0, 0.05) is 37.7 Å². The zero-order chi connectivity index (χ0) is 13.1. The predicted octanol–water partition coefficient (Wildman–Crippen LogP) is 0.588. The first kappa shape index (κ1) is 12.5. The van der Waals surface area contributed by atoms with Gasteiger partial charge in [0.1, 0.15) is 0 Å². The number of nitrogens with zero attached hydrogens (tertiary/aromatic N) is 2. The number of carbonyl (C=O) groups is 1. The van der Waals surface area contributed by atoms with E-state index in [0.717, 1.165) is 5.56 Å². The Morgan fingerprint density at radius 3 is 2.50 bits per heavy atom. The van der Waals surface area contributed by atoms with E-state index in [1.54, 1.807) is 17.0 Å². The summed E-state index contributed by atoms with van der Waals surface area (Å²) in [6.07, 6.45) is 0.246. The van der Waals surface area contributed by atoms with Crippen LogP contribution in [0.5, 0.6) is 0 Å². The van der Waals surface area contributed by atoms with Gasteiger partial charge < -0.3 is 10.0 Å². The van der Waals surface area contributed by atoms with Gasteiger partial charge in [-0.05, 0) is 5.56 Å². The Labute approximate surface area is 104 Å². The number of nitro benzene ring substituents is 1. The Bertz CT molecular complexity index is 452. The maximum atomic E-state index is 11.8. The lowest BCUT2D eigenvalue weighted by Crippen LogP contribution is -2.51. The van der Waals surface area contributed by atoms with Crippen molar-refractivity contribution in [2.45, 2.75) is 6.42 Å². The van der Waals surface area contributed by atoms with Gasteiger partial charge in [-0.3, -0.25) is 14.9 Å². The third kappa shape index (κ3) is 2.65. The van der Waals surface area contributed by atoms with E-state index >= 15 is 0 Å². The topological polar surface area (TPSA) is 83.7 Å². The molecule has 1 aliphatic heterocycles. The van der Waals surface area contributed by atoms with Crippen LogP contribution in [0, 0.1) is 16.0 Å². The standard InChI is InChI=1S/C12H14N2O4/c15-8-10-6-13(7-10)12(16)5-9-1-3-11(4-2-9)14(17)18/h1-4,10,15H,5-8H2. The molecule has 1 aromatic carbocycles. The average molecular weight is 250 g/mol. The van der Waals surface area contributed by atoms with Crippen molar-refractivity contribution in [2.24, 2.45) is 5.92 Å². The molecule has 0 aromatic heterocycles. The molecule has 0 aliphatic carbocycles. The highest BCUT2D eigenvalue weighted by atomic mass is 16.6. The van der Waals surface area contributed by atoms with E-state index in [1.165, 1.54) is 12.1 Å². The second-order valence-corrected chi connectivity index (χ2v) is 4.45. The molecule has 1 aromatic rings. The maximum absolute atomic E-state index is 11.8. The van der Waals surface area contributed by atoms with E-state index < -0.39 is 4.92 Å². The summed E-state index contributed by atoms with van der Waals surface area (Å²) in [5.74, 6) is 0.194. The van der Waals surface area contributed by atoms with E-state index in [4.69, 9.17) is 5.11 Å². The van der Waals surface area contributed by atoms with Crippen molar-refractivity contribution in [3.8, 4) is 0 Å². The molecule has 0 radical (unpaired) electrons. The molecule has 0 saturated carbocycles. The molecular formula is C12H14N2O4. The number of aliphatic hydroxyl groups is 1. The lowest BCUT2D eigenvalue weighted by Gasteiger charge is -2.38. The second kappa shape index (κ2) is 5.14. The molecule has 1 fully saturated rings. The molecule has 1 saturated heterocycles. The fourth-order valence-electron chi connectivity index (χ4n) is 1.91. The first-order chi connectivity index (χ1) is 8.60. The molecule has 1 aliphatic rings. The number of rotatable bonds is 4. The van der Waals surface area contributed by atoms with Crippen molar-refractivity contribution in [1.29, 1.82) is 0 Å². The minimum Gasteiger partial charge on any atom is -0.396 e. The Balaban J connectivity index is 1.90. The van der Waals surface area contributed by atoms with Crippen LogP contribution in [-0.2, 0) is 11.2 Å². The zero-order valence-electron chi connectivity index (χ0n) is 9.78. The third-order valence-corrected chi connectivity index (χ3v) is 3.07. The molecule has 1 amide bonds. The Morgan fingerprint density at radius 2 is 2.00 bits per heavy atom. The number of hydrogen-bond donors (Lipinski definition) is 1. The number of nitro groups is 1. The number of carbonyl (C=O) groups excluding carboxylic acids is 1. The number of hydrogen-bond acceptors (Lipinski definition) is 4. The summed E-state index contributed by atoms with van der Waals surface area (Å²) < 4.78 is 0. The van der Waals surface area contributed by atoms with Crippen molar-refractivity contribution in [3.05, 3.63) is 39.9 Å². The van der Waals surface area contributed by atoms with E-state index in [9.17, 15) is 14.9 Å². The Hall–Kier alpha value is -1.95. The van der Waals surface area contributed by atoms with Crippen molar-refractivity contribution < 1.29 is 14.8 Å². The summed E-state index contributed by atoms with van der Waals surface area (Å²) in [5.41, 5.74) is 0.786. The number of likely N-dealkylation sites (tertiary alicyclic amines) is 1. The molecule has 2 rings (SSSR count). The zero-order valence-corrected chi connectivity index (χ0v) is 9.78. The molecule has 0 bridgehead atoms. The van der Waals surface area contributed by atoms with Crippen LogP contribution >= 0.6 is 0 Å². The molecular weight excluding hydrogens is 236 g/mol. The van der Waals surface area contributed by atoms with E-state index in [2.05, 4.69) is 0 Å². The molecule has 1 N–H and O–H groups in total. The van der Waals surface area contributed by atoms with Crippen LogP contribution in [-0.4, -0.2) is 40.5 Å². The molecule has 0 unspecified atom stereocenters. The van der Waals surface area contributed by atoms with E-state index in [1.807, 2.05) is 0 Å². The van der Waals surface area contributed by atoms with Crippen LogP contribution < -0.4 is 0 Å². The van der Waals surface area contributed by atoms with Crippen molar-refractivity contribution in [2.75, 3.05) is 19.7 Å². The number of non-ortho nitro benzene ring substituents is 1. The van der Waals surface area contributed by atoms with Gasteiger partial charge in [-0.25, -0.2) is 0 Å². The largest absolute Gasteiger partial charge is 0.396 e. The fourth-order valence-corrected chi connectivity index (χ4v) is 1.91. The smallest absolute Gasteiger partial charge is 0.269 e. The highest BCUT2D eigenvalue weighted by Crippen LogP contribution is 2.17. The van der Waals surface area contributed by atoms with Gasteiger partial charge in [-0.1, -0.05) is 12.1 Å². The maximum Gasteiger partial charge on any atom is 0.269 e. The monoisotopic (exact) mass is 250 g/mol. The lowest BCUT2D eigenvalue weighted by atomic mass is 10.00. The predicted molar refractivity (Wildman–Crippen MR) is 64.0 cm³/mol. The molecule has 6 nitrogen and oxygen atoms in total. The molecule has 96 valence electrons. The average Bonchev–Trinajstić information content (AvgIpc) is 2.28. The van der Waals surface area contributed by atoms with Gasteiger partial charge in [0.25, 0.3) is 5.69 Å². The highest BCUT2D eigenvalue weighted by molar-refractivity contribution is 5.79. The van der Waals surface area contributed by atoms with Gasteiger partial charge in [0.15, 0.2) is 0 Å². The Morgan fingerprint density at radius 1 is 1.39 bits per heavy atom. The quantitative estimate of drug-likeness (QED) is 0.626. The fraction of sp³-hybridized carbons (Fsp3) is 0.417. The van der Waals surface area contributed by atoms with Gasteiger partial charge in [-0.2, -0.15) is 0 Å². The van der Waals surface area contributed by atoms with Gasteiger partial charge in [0.2, 0.25) is 5.91 Å². The number of amides is 1. The summed E-state index contributed by atoms with van der Waals surface area (Å²) in [4.78, 5) is 23.5. The van der Waals surface area contributed by atoms with Crippen molar-refractivity contribution >= 4 is 11.6 Å². The Kier molecular flexibility index (Phi) is 3.57. The summed E-state index contributed by atoms with van der Waals surface area (Å²) in [6, 6.07) is 5.99. The van der Waals surface area contributed by atoms with Crippen molar-refractivity contribution in [3.63, 3.8) is 0 Å². The lowest BCUT2D eigenvalue weighted by molar-refractivity contribution is -0.384. The van der Waals surface area contributed by atoms with Gasteiger partial charge in [-0.15, -0.1) is 0 Å². The SMILES string of the molecule is O=C(Cc1ccc([N+](=O)[O-])cc1)N1CC(CO)C1. The summed E-state index contributed by atoms with van der Waals surface area (Å²) >= 11 is 0. The van der Waals surface area contributed by atoms with Crippen LogP contribution in [0.1, 0.15) is 5.56 Å². The van der Waals surface area contributed by atoms with Gasteiger partial charge >= 0.3 is 0 Å². The van der Waals surface area contributed by atoms with Crippen LogP contribution in [0.4, 0.5) is 5.69 Å². The summed E-state index contributed by atoms with van der Waals surface area (Å²) in [5, 5.41) is 19.3. The van der Waals surface area contributed by atoms with Crippen LogP contribution in [0.15, 0.2) is 24.3 Å². The minimum absolute atomic E-state index is 0.00597. The third-order valence-electron chi connectivity index (χ3n) is 3.07. The number of benzene rings is 1. The van der Waals surface area contributed by atoms with Gasteiger partial charge in [0.05, 0.1) is 11.3 Å². The molecule has 6 heteroatoms. The van der Waals surface area contributed by atoms with Crippen molar-refractivity contribution in [1.82, 2.24) is 4.90 Å². The first-order valence-corrected chi connectivity index (χ1v) is 5.72. The van der Waals surface area contributed by atoms with Crippen LogP contribution in [0.25, 0.3) is 0 Å². The molecule has 0 atom stereocenters.